The van der Waals surface area contributed by atoms with Crippen LogP contribution in [-0.4, -0.2) is 17.1 Å². The van der Waals surface area contributed by atoms with Gasteiger partial charge in [0.2, 0.25) is 0 Å². The summed E-state index contributed by atoms with van der Waals surface area (Å²) >= 11 is 0. The first-order valence-corrected chi connectivity index (χ1v) is 7.78. The summed E-state index contributed by atoms with van der Waals surface area (Å²) in [5.41, 5.74) is 3.65. The average molecular weight is 287 g/mol. The van der Waals surface area contributed by atoms with E-state index in [4.69, 9.17) is 4.74 Å². The van der Waals surface area contributed by atoms with Gasteiger partial charge in [0.25, 0.3) is 0 Å². The number of nitriles is 1. The van der Waals surface area contributed by atoms with E-state index in [2.05, 4.69) is 37.1 Å². The molecule has 21 heavy (non-hydrogen) atoms. The van der Waals surface area contributed by atoms with Crippen LogP contribution in [-0.2, 0) is 17.8 Å². The molecule has 0 unspecified atom stereocenters. The van der Waals surface area contributed by atoms with Crippen molar-refractivity contribution < 1.29 is 4.74 Å². The van der Waals surface area contributed by atoms with Crippen LogP contribution in [0.25, 0.3) is 0 Å². The van der Waals surface area contributed by atoms with Crippen LogP contribution in [0.15, 0.2) is 0 Å². The maximum absolute atomic E-state index is 9.57. The van der Waals surface area contributed by atoms with Crippen molar-refractivity contribution in [2.75, 3.05) is 11.9 Å². The molecule has 4 heteroatoms. The fraction of sp³-hybridized carbons (Fsp3) is 0.647. The molecular weight excluding hydrogens is 262 g/mol. The molecule has 1 N–H and O–H groups in total. The van der Waals surface area contributed by atoms with Crippen molar-refractivity contribution in [2.45, 2.75) is 65.6 Å². The van der Waals surface area contributed by atoms with E-state index < -0.39 is 0 Å². The Bertz CT molecular complexity index is 558. The van der Waals surface area contributed by atoms with E-state index in [1.807, 2.05) is 6.92 Å². The Balaban J connectivity index is 2.31. The number of nitrogens with zero attached hydrogens (tertiary/aromatic N) is 2. The van der Waals surface area contributed by atoms with Gasteiger partial charge in [-0.25, -0.2) is 4.98 Å². The third-order valence-electron chi connectivity index (χ3n) is 4.01. The molecule has 114 valence electrons. The van der Waals surface area contributed by atoms with Gasteiger partial charge in [0.15, 0.2) is 0 Å². The Kier molecular flexibility index (Phi) is 4.84. The molecule has 4 nitrogen and oxygen atoms in total. The molecule has 0 atom stereocenters. The van der Waals surface area contributed by atoms with Gasteiger partial charge in [0, 0.05) is 24.2 Å². The molecule has 0 fully saturated rings. The molecule has 1 aliphatic rings. The molecule has 2 rings (SSSR count). The highest BCUT2D eigenvalue weighted by Gasteiger charge is 2.30. The van der Waals surface area contributed by atoms with Gasteiger partial charge in [-0.15, -0.1) is 0 Å². The van der Waals surface area contributed by atoms with Crippen LogP contribution < -0.4 is 5.32 Å². The molecule has 0 saturated heterocycles. The van der Waals surface area contributed by atoms with E-state index in [1.54, 1.807) is 0 Å². The van der Waals surface area contributed by atoms with Crippen LogP contribution in [0.3, 0.4) is 0 Å². The fourth-order valence-corrected chi connectivity index (χ4v) is 2.76. The van der Waals surface area contributed by atoms with Gasteiger partial charge in [-0.2, -0.15) is 5.26 Å². The molecule has 0 radical (unpaired) electrons. The molecule has 0 bridgehead atoms. The largest absolute Gasteiger partial charge is 0.370 e. The highest BCUT2D eigenvalue weighted by Crippen LogP contribution is 2.33. The van der Waals surface area contributed by atoms with Crippen LogP contribution in [0.2, 0.25) is 0 Å². The predicted octanol–water partition coefficient (Wildman–Crippen LogP) is 3.72. The van der Waals surface area contributed by atoms with Crippen molar-refractivity contribution in [3.05, 3.63) is 22.4 Å². The zero-order valence-electron chi connectivity index (χ0n) is 13.5. The normalized spacial score (nSPS) is 16.1. The van der Waals surface area contributed by atoms with Gasteiger partial charge < -0.3 is 10.1 Å². The minimum absolute atomic E-state index is 0.216. The first kappa shape index (κ1) is 15.8. The molecule has 0 aliphatic carbocycles. The maximum Gasteiger partial charge on any atom is 0.144 e. The third-order valence-corrected chi connectivity index (χ3v) is 4.01. The number of aromatic nitrogens is 1. The number of unbranched alkanes of at least 4 members (excludes halogenated alkanes) is 2. The zero-order valence-corrected chi connectivity index (χ0v) is 13.5. The van der Waals surface area contributed by atoms with Crippen LogP contribution >= 0.6 is 0 Å². The number of hydrogen-bond acceptors (Lipinski definition) is 4. The summed E-state index contributed by atoms with van der Waals surface area (Å²) in [5.74, 6) is 0.738. The van der Waals surface area contributed by atoms with Gasteiger partial charge in [-0.3, -0.25) is 0 Å². The molecule has 0 saturated carbocycles. The van der Waals surface area contributed by atoms with Crippen molar-refractivity contribution in [2.24, 2.45) is 0 Å². The Morgan fingerprint density at radius 2 is 2.10 bits per heavy atom. The Morgan fingerprint density at radius 3 is 2.76 bits per heavy atom. The summed E-state index contributed by atoms with van der Waals surface area (Å²) in [6.45, 7) is 9.74. The highest BCUT2D eigenvalue weighted by atomic mass is 16.5. The molecule has 0 spiro atoms. The Labute approximate surface area is 127 Å². The van der Waals surface area contributed by atoms with Crippen LogP contribution in [0.4, 0.5) is 5.82 Å². The van der Waals surface area contributed by atoms with E-state index in [-0.39, 0.29) is 5.60 Å². The fourth-order valence-electron chi connectivity index (χ4n) is 2.76. The number of pyridine rings is 1. The summed E-state index contributed by atoms with van der Waals surface area (Å²) in [4.78, 5) is 4.59. The summed E-state index contributed by atoms with van der Waals surface area (Å²) in [6, 6.07) is 2.35. The molecule has 1 aromatic rings. The second-order valence-corrected chi connectivity index (χ2v) is 6.35. The summed E-state index contributed by atoms with van der Waals surface area (Å²) in [7, 11) is 0. The number of fused-ring (bicyclic) bond motifs is 1. The van der Waals surface area contributed by atoms with Crippen LogP contribution in [0.1, 0.15) is 62.4 Å². The lowest BCUT2D eigenvalue weighted by molar-refractivity contribution is -0.0405. The molecule has 1 aliphatic heterocycles. The number of anilines is 1. The topological polar surface area (TPSA) is 57.9 Å². The lowest BCUT2D eigenvalue weighted by atomic mass is 9.88. The second kappa shape index (κ2) is 6.44. The summed E-state index contributed by atoms with van der Waals surface area (Å²) in [5, 5.41) is 12.9. The van der Waals surface area contributed by atoms with E-state index in [9.17, 15) is 5.26 Å². The van der Waals surface area contributed by atoms with E-state index in [0.717, 1.165) is 42.0 Å². The SMILES string of the molecule is CCCCCNc1nc(C)c2c(c1C#N)CC(C)(C)OC2. The number of rotatable bonds is 5. The van der Waals surface area contributed by atoms with E-state index in [1.165, 1.54) is 12.8 Å². The number of ether oxygens (including phenoxy) is 1. The Hall–Kier alpha value is -1.60. The lowest BCUT2D eigenvalue weighted by Gasteiger charge is -2.33. The summed E-state index contributed by atoms with van der Waals surface area (Å²) in [6.07, 6.45) is 4.25. The van der Waals surface area contributed by atoms with E-state index in [0.29, 0.717) is 12.2 Å². The molecular formula is C17H25N3O. The van der Waals surface area contributed by atoms with Gasteiger partial charge in [0.05, 0.1) is 17.8 Å². The van der Waals surface area contributed by atoms with Crippen molar-refractivity contribution in [1.29, 1.82) is 5.26 Å². The van der Waals surface area contributed by atoms with Crippen LogP contribution in [0.5, 0.6) is 0 Å². The van der Waals surface area contributed by atoms with Crippen molar-refractivity contribution in [3.8, 4) is 6.07 Å². The second-order valence-electron chi connectivity index (χ2n) is 6.35. The maximum atomic E-state index is 9.57. The van der Waals surface area contributed by atoms with Gasteiger partial charge >= 0.3 is 0 Å². The quantitative estimate of drug-likeness (QED) is 0.839. The number of hydrogen-bond donors (Lipinski definition) is 1. The highest BCUT2D eigenvalue weighted by molar-refractivity contribution is 5.60. The standard InChI is InChI=1S/C17H25N3O/c1-5-6-7-8-19-16-14(10-18)13-9-17(3,4)21-11-15(13)12(2)20-16/h5-9,11H2,1-4H3,(H,19,20). The zero-order chi connectivity index (χ0) is 15.5. The first-order valence-electron chi connectivity index (χ1n) is 7.78. The smallest absolute Gasteiger partial charge is 0.144 e. The lowest BCUT2D eigenvalue weighted by Crippen LogP contribution is -2.33. The monoisotopic (exact) mass is 287 g/mol. The van der Waals surface area contributed by atoms with Gasteiger partial charge in [-0.05, 0) is 32.8 Å². The predicted molar refractivity (Wildman–Crippen MR) is 84.3 cm³/mol. The minimum atomic E-state index is -0.216. The summed E-state index contributed by atoms with van der Waals surface area (Å²) < 4.78 is 5.86. The van der Waals surface area contributed by atoms with Crippen molar-refractivity contribution in [3.63, 3.8) is 0 Å². The first-order chi connectivity index (χ1) is 9.98. The number of nitrogens with one attached hydrogen (secondary N) is 1. The number of aryl methyl sites for hydroxylation is 1. The van der Waals surface area contributed by atoms with Crippen LogP contribution in [0, 0.1) is 18.3 Å². The van der Waals surface area contributed by atoms with Gasteiger partial charge in [-0.1, -0.05) is 19.8 Å². The van der Waals surface area contributed by atoms with Crippen molar-refractivity contribution in [1.82, 2.24) is 4.98 Å². The van der Waals surface area contributed by atoms with E-state index >= 15 is 0 Å². The van der Waals surface area contributed by atoms with Crippen molar-refractivity contribution >= 4 is 5.82 Å². The average Bonchev–Trinajstić information content (AvgIpc) is 2.42. The minimum Gasteiger partial charge on any atom is -0.370 e. The van der Waals surface area contributed by atoms with Gasteiger partial charge in [0.1, 0.15) is 11.9 Å². The Morgan fingerprint density at radius 1 is 1.33 bits per heavy atom. The molecule has 1 aromatic heterocycles. The molecule has 0 aromatic carbocycles. The molecule has 2 heterocycles. The third kappa shape index (κ3) is 3.54. The molecule has 0 amide bonds.